The second kappa shape index (κ2) is 6.64. The van der Waals surface area contributed by atoms with E-state index in [0.29, 0.717) is 0 Å². The minimum Gasteiger partial charge on any atom is -0.321 e. The zero-order valence-electron chi connectivity index (χ0n) is 10.6. The van der Waals surface area contributed by atoms with Crippen LogP contribution in [-0.4, -0.2) is 5.91 Å². The first kappa shape index (κ1) is 17.4. The fraction of sp³-hybridized carbons (Fsp3) is 0.0714. The average molecular weight is 460 g/mol. The summed E-state index contributed by atoms with van der Waals surface area (Å²) in [7, 11) is 0. The van der Waals surface area contributed by atoms with Gasteiger partial charge in [-0.3, -0.25) is 4.79 Å². The minimum absolute atomic E-state index is 0.0717. The van der Waals surface area contributed by atoms with Crippen LogP contribution in [0.15, 0.2) is 36.4 Å². The number of carbonyl (C=O) groups is 1. The molecule has 0 fully saturated rings. The van der Waals surface area contributed by atoms with Gasteiger partial charge >= 0.3 is 6.18 Å². The Morgan fingerprint density at radius 1 is 1.09 bits per heavy atom. The van der Waals surface area contributed by atoms with E-state index in [-0.39, 0.29) is 21.3 Å². The first-order chi connectivity index (χ1) is 10.2. The van der Waals surface area contributed by atoms with Gasteiger partial charge in [0, 0.05) is 8.59 Å². The number of hydrogen-bond acceptors (Lipinski definition) is 1. The summed E-state index contributed by atoms with van der Waals surface area (Å²) in [4.78, 5) is 12.2. The molecule has 0 radical (unpaired) electrons. The molecule has 22 heavy (non-hydrogen) atoms. The molecule has 0 aromatic heterocycles. The van der Waals surface area contributed by atoms with Crippen molar-refractivity contribution in [2.75, 3.05) is 5.32 Å². The fourth-order valence-corrected chi connectivity index (χ4v) is 2.59. The molecular weight excluding hydrogens is 453 g/mol. The highest BCUT2D eigenvalue weighted by Gasteiger charge is 2.34. The van der Waals surface area contributed by atoms with Crippen molar-refractivity contribution in [2.24, 2.45) is 0 Å². The fourth-order valence-electron chi connectivity index (χ4n) is 1.72. The molecule has 2 aromatic carbocycles. The number of rotatable bonds is 2. The van der Waals surface area contributed by atoms with Gasteiger partial charge in [-0.1, -0.05) is 23.2 Å². The van der Waals surface area contributed by atoms with E-state index in [1.165, 1.54) is 18.2 Å². The molecule has 0 spiro atoms. The Morgan fingerprint density at radius 2 is 1.77 bits per heavy atom. The highest BCUT2D eigenvalue weighted by Crippen LogP contribution is 2.36. The number of carbonyl (C=O) groups excluding carboxylic acids is 1. The normalized spacial score (nSPS) is 11.4. The maximum absolute atomic E-state index is 13.0. The molecule has 1 amide bonds. The van der Waals surface area contributed by atoms with Gasteiger partial charge in [-0.05, 0) is 59.0 Å². The zero-order chi connectivity index (χ0) is 16.5. The summed E-state index contributed by atoms with van der Waals surface area (Å²) in [5, 5.41) is 2.30. The summed E-state index contributed by atoms with van der Waals surface area (Å²) in [6.07, 6.45) is -4.64. The van der Waals surface area contributed by atoms with Crippen LogP contribution in [0.1, 0.15) is 15.9 Å². The van der Waals surface area contributed by atoms with Crippen LogP contribution in [-0.2, 0) is 6.18 Å². The number of halogens is 6. The molecule has 0 saturated carbocycles. The third kappa shape index (κ3) is 4.05. The summed E-state index contributed by atoms with van der Waals surface area (Å²) in [5.41, 5.74) is -1.30. The monoisotopic (exact) mass is 459 g/mol. The Labute approximate surface area is 147 Å². The van der Waals surface area contributed by atoms with E-state index < -0.39 is 17.6 Å². The largest absolute Gasteiger partial charge is 0.418 e. The van der Waals surface area contributed by atoms with Crippen LogP contribution in [0.5, 0.6) is 0 Å². The summed E-state index contributed by atoms with van der Waals surface area (Å²) >= 11 is 13.5. The number of hydrogen-bond donors (Lipinski definition) is 1. The van der Waals surface area contributed by atoms with Gasteiger partial charge in [-0.2, -0.15) is 13.2 Å². The van der Waals surface area contributed by atoms with E-state index in [1.807, 2.05) is 22.6 Å². The zero-order valence-corrected chi connectivity index (χ0v) is 14.3. The lowest BCUT2D eigenvalue weighted by Gasteiger charge is -2.14. The summed E-state index contributed by atoms with van der Waals surface area (Å²) < 4.78 is 39.7. The Hall–Kier alpha value is -0.990. The third-order valence-electron chi connectivity index (χ3n) is 2.71. The van der Waals surface area contributed by atoms with E-state index in [9.17, 15) is 18.0 Å². The summed E-state index contributed by atoms with van der Waals surface area (Å²) in [6.45, 7) is 0. The van der Waals surface area contributed by atoms with Gasteiger partial charge in [0.25, 0.3) is 5.91 Å². The van der Waals surface area contributed by atoms with Crippen molar-refractivity contribution in [1.82, 2.24) is 0 Å². The molecule has 0 aliphatic heterocycles. The second-order valence-electron chi connectivity index (χ2n) is 4.27. The van der Waals surface area contributed by atoms with Gasteiger partial charge in [0.15, 0.2) is 0 Å². The van der Waals surface area contributed by atoms with Crippen molar-refractivity contribution >= 4 is 57.4 Å². The summed E-state index contributed by atoms with van der Waals surface area (Å²) in [5.74, 6) is -0.726. The molecule has 0 bridgehead atoms. The van der Waals surface area contributed by atoms with Gasteiger partial charge in [0.2, 0.25) is 0 Å². The van der Waals surface area contributed by atoms with Gasteiger partial charge in [0.05, 0.1) is 21.8 Å². The van der Waals surface area contributed by atoms with E-state index in [0.717, 1.165) is 15.7 Å². The molecule has 2 nitrogen and oxygen atoms in total. The average Bonchev–Trinajstić information content (AvgIpc) is 2.42. The van der Waals surface area contributed by atoms with Crippen LogP contribution in [0.3, 0.4) is 0 Å². The lowest BCUT2D eigenvalue weighted by atomic mass is 10.1. The molecule has 2 aromatic rings. The van der Waals surface area contributed by atoms with Gasteiger partial charge in [0.1, 0.15) is 0 Å². The lowest BCUT2D eigenvalue weighted by molar-refractivity contribution is -0.136. The molecule has 0 aliphatic rings. The van der Waals surface area contributed by atoms with Crippen LogP contribution >= 0.6 is 45.8 Å². The van der Waals surface area contributed by atoms with Crippen molar-refractivity contribution in [1.29, 1.82) is 0 Å². The Morgan fingerprint density at radius 3 is 2.41 bits per heavy atom. The summed E-state index contributed by atoms with van der Waals surface area (Å²) in [6, 6.07) is 7.80. The van der Waals surface area contributed by atoms with E-state index in [4.69, 9.17) is 23.2 Å². The Balaban J connectivity index is 2.39. The van der Waals surface area contributed by atoms with Crippen LogP contribution < -0.4 is 5.32 Å². The van der Waals surface area contributed by atoms with Crippen LogP contribution in [0, 0.1) is 3.57 Å². The lowest BCUT2D eigenvalue weighted by Crippen LogP contribution is -2.17. The van der Waals surface area contributed by atoms with Gasteiger partial charge in [-0.15, -0.1) is 0 Å². The highest BCUT2D eigenvalue weighted by molar-refractivity contribution is 14.1. The molecule has 1 N–H and O–H groups in total. The maximum atomic E-state index is 13.0. The predicted octanol–water partition coefficient (Wildman–Crippen LogP) is 5.87. The molecule has 0 heterocycles. The van der Waals surface area contributed by atoms with Crippen molar-refractivity contribution in [3.8, 4) is 0 Å². The van der Waals surface area contributed by atoms with Crippen LogP contribution in [0.4, 0.5) is 18.9 Å². The molecule has 0 atom stereocenters. The predicted molar refractivity (Wildman–Crippen MR) is 88.6 cm³/mol. The number of benzene rings is 2. The topological polar surface area (TPSA) is 29.1 Å². The smallest absolute Gasteiger partial charge is 0.321 e. The molecule has 0 unspecified atom stereocenters. The number of anilines is 1. The Bertz CT molecular complexity index is 735. The first-order valence-corrected chi connectivity index (χ1v) is 7.65. The van der Waals surface area contributed by atoms with Crippen molar-refractivity contribution in [2.45, 2.75) is 6.18 Å². The maximum Gasteiger partial charge on any atom is 0.418 e. The van der Waals surface area contributed by atoms with Crippen LogP contribution in [0.2, 0.25) is 10.0 Å². The molecule has 8 heteroatoms. The standard InChI is InChI=1S/C14H7Cl2F3INO/c15-7-1-4-12(10(5-7)14(17,18)19)21-13(22)9-6-8(20)2-3-11(9)16/h1-6H,(H,21,22). The highest BCUT2D eigenvalue weighted by atomic mass is 127. The number of amides is 1. The SMILES string of the molecule is O=C(Nc1ccc(Cl)cc1C(F)(F)F)c1cc(I)ccc1Cl. The van der Waals surface area contributed by atoms with E-state index in [1.54, 1.807) is 6.07 Å². The number of alkyl halides is 3. The number of nitrogens with one attached hydrogen (secondary N) is 1. The molecule has 116 valence electrons. The Kier molecular flexibility index (Phi) is 5.24. The molecule has 2 rings (SSSR count). The molecule has 0 saturated heterocycles. The van der Waals surface area contributed by atoms with Crippen molar-refractivity contribution in [3.63, 3.8) is 0 Å². The van der Waals surface area contributed by atoms with Gasteiger partial charge < -0.3 is 5.32 Å². The van der Waals surface area contributed by atoms with Crippen molar-refractivity contribution in [3.05, 3.63) is 61.1 Å². The van der Waals surface area contributed by atoms with E-state index >= 15 is 0 Å². The quantitative estimate of drug-likeness (QED) is 0.559. The van der Waals surface area contributed by atoms with Crippen molar-refractivity contribution < 1.29 is 18.0 Å². The second-order valence-corrected chi connectivity index (χ2v) is 6.36. The molecular formula is C14H7Cl2F3INO. The first-order valence-electron chi connectivity index (χ1n) is 5.81. The minimum atomic E-state index is -4.64. The molecule has 0 aliphatic carbocycles. The van der Waals surface area contributed by atoms with E-state index in [2.05, 4.69) is 5.32 Å². The van der Waals surface area contributed by atoms with Crippen LogP contribution in [0.25, 0.3) is 0 Å². The van der Waals surface area contributed by atoms with Gasteiger partial charge in [-0.25, -0.2) is 0 Å². The third-order valence-corrected chi connectivity index (χ3v) is 3.94.